The van der Waals surface area contributed by atoms with Crippen molar-refractivity contribution in [1.82, 2.24) is 16.2 Å². The number of nitrogens with zero attached hydrogens (tertiary/aromatic N) is 1. The molecule has 1 saturated carbocycles. The molecule has 3 aliphatic rings. The first-order chi connectivity index (χ1) is 12.8. The van der Waals surface area contributed by atoms with E-state index in [0.29, 0.717) is 12.0 Å². The normalized spacial score (nSPS) is 28.2. The minimum atomic E-state index is -0.0613. The summed E-state index contributed by atoms with van der Waals surface area (Å²) in [4.78, 5) is 15.1. The van der Waals surface area contributed by atoms with E-state index in [-0.39, 0.29) is 11.9 Å². The number of fused-ring (bicyclic) bond motifs is 2. The van der Waals surface area contributed by atoms with Crippen LogP contribution in [0.2, 0.25) is 0 Å². The van der Waals surface area contributed by atoms with Crippen molar-refractivity contribution in [2.45, 2.75) is 63.5 Å². The van der Waals surface area contributed by atoms with Gasteiger partial charge in [-0.3, -0.25) is 10.2 Å². The van der Waals surface area contributed by atoms with E-state index in [1.54, 1.807) is 0 Å². The number of hydrazine groups is 1. The van der Waals surface area contributed by atoms with Crippen LogP contribution in [-0.4, -0.2) is 37.6 Å². The van der Waals surface area contributed by atoms with Gasteiger partial charge in [-0.1, -0.05) is 37.5 Å². The van der Waals surface area contributed by atoms with Crippen molar-refractivity contribution in [3.8, 4) is 0 Å². The maximum absolute atomic E-state index is 12.6. The molecule has 1 amide bonds. The van der Waals surface area contributed by atoms with E-state index in [0.717, 1.165) is 32.5 Å². The Bertz CT molecular complexity index is 620. The van der Waals surface area contributed by atoms with Gasteiger partial charge in [0, 0.05) is 37.3 Å². The summed E-state index contributed by atoms with van der Waals surface area (Å²) in [5, 5.41) is 3.17. The number of hydrogen-bond donors (Lipinski definition) is 3. The lowest BCUT2D eigenvalue weighted by Crippen LogP contribution is -2.46. The second-order valence-electron chi connectivity index (χ2n) is 8.04. The van der Waals surface area contributed by atoms with E-state index >= 15 is 0 Å². The van der Waals surface area contributed by atoms with Crippen molar-refractivity contribution >= 4 is 11.6 Å². The van der Waals surface area contributed by atoms with Crippen molar-refractivity contribution in [3.05, 3.63) is 29.8 Å². The van der Waals surface area contributed by atoms with E-state index in [1.807, 2.05) is 0 Å². The highest BCUT2D eigenvalue weighted by Gasteiger charge is 2.39. The van der Waals surface area contributed by atoms with Crippen molar-refractivity contribution in [2.24, 2.45) is 5.92 Å². The van der Waals surface area contributed by atoms with E-state index in [9.17, 15) is 4.79 Å². The van der Waals surface area contributed by atoms with Gasteiger partial charge < -0.3 is 10.2 Å². The zero-order valence-corrected chi connectivity index (χ0v) is 15.7. The van der Waals surface area contributed by atoms with Crippen LogP contribution in [0.4, 0.5) is 5.69 Å². The minimum Gasteiger partial charge on any atom is -0.371 e. The van der Waals surface area contributed by atoms with Gasteiger partial charge in [-0.25, -0.2) is 5.43 Å². The number of para-hydroxylation sites is 1. The molecule has 2 fully saturated rings. The Kier molecular flexibility index (Phi) is 5.75. The van der Waals surface area contributed by atoms with Crippen molar-refractivity contribution in [3.63, 3.8) is 0 Å². The summed E-state index contributed by atoms with van der Waals surface area (Å²) in [6.07, 6.45) is 9.60. The lowest BCUT2D eigenvalue weighted by Gasteiger charge is -2.31. The second kappa shape index (κ2) is 8.40. The summed E-state index contributed by atoms with van der Waals surface area (Å²) < 4.78 is 0. The predicted molar refractivity (Wildman–Crippen MR) is 105 cm³/mol. The van der Waals surface area contributed by atoms with E-state index in [1.165, 1.54) is 49.8 Å². The van der Waals surface area contributed by atoms with Crippen molar-refractivity contribution < 1.29 is 4.79 Å². The molecule has 0 spiro atoms. The molecule has 1 aromatic carbocycles. The summed E-state index contributed by atoms with van der Waals surface area (Å²) in [5.74, 6) is 0.623. The SMILES string of the molecule is O=C(NCCCN1CCCc2ccccc21)C1NNC2CCCCCC21. The van der Waals surface area contributed by atoms with E-state index in [4.69, 9.17) is 0 Å². The first-order valence-corrected chi connectivity index (χ1v) is 10.4. The van der Waals surface area contributed by atoms with Crippen molar-refractivity contribution in [2.75, 3.05) is 24.5 Å². The topological polar surface area (TPSA) is 56.4 Å². The van der Waals surface area contributed by atoms with Gasteiger partial charge in [0.25, 0.3) is 0 Å². The third kappa shape index (κ3) is 3.89. The molecule has 5 nitrogen and oxygen atoms in total. The Morgan fingerprint density at radius 2 is 2.00 bits per heavy atom. The highest BCUT2D eigenvalue weighted by Crippen LogP contribution is 2.29. The van der Waals surface area contributed by atoms with Gasteiger partial charge in [0.1, 0.15) is 6.04 Å². The number of carbonyl (C=O) groups excluding carboxylic acids is 1. The molecule has 1 aromatic rings. The highest BCUT2D eigenvalue weighted by molar-refractivity contribution is 5.82. The molecular weight excluding hydrogens is 324 g/mol. The fourth-order valence-electron chi connectivity index (χ4n) is 4.91. The maximum atomic E-state index is 12.6. The Labute approximate surface area is 156 Å². The number of benzene rings is 1. The zero-order chi connectivity index (χ0) is 17.8. The number of carbonyl (C=O) groups is 1. The smallest absolute Gasteiger partial charge is 0.238 e. The summed E-state index contributed by atoms with van der Waals surface area (Å²) >= 11 is 0. The third-order valence-corrected chi connectivity index (χ3v) is 6.31. The molecular formula is C21H32N4O. The molecule has 1 saturated heterocycles. The average molecular weight is 357 g/mol. The number of nitrogens with one attached hydrogen (secondary N) is 3. The number of amides is 1. The largest absolute Gasteiger partial charge is 0.371 e. The van der Waals surface area contributed by atoms with Gasteiger partial charge in [0.15, 0.2) is 0 Å². The van der Waals surface area contributed by atoms with Gasteiger partial charge in [-0.15, -0.1) is 0 Å². The highest BCUT2D eigenvalue weighted by atomic mass is 16.2. The molecule has 2 aliphatic heterocycles. The standard InChI is InChI=1S/C21H32N4O/c26-21(20-17-10-2-1-3-11-18(17)23-24-20)22-13-7-15-25-14-6-9-16-8-4-5-12-19(16)25/h4-5,8,12,17-18,20,23-24H,1-3,6-7,9-11,13-15H2,(H,22,26). The fraction of sp³-hybridized carbons (Fsp3) is 0.667. The van der Waals surface area contributed by atoms with Crippen LogP contribution in [-0.2, 0) is 11.2 Å². The molecule has 0 radical (unpaired) electrons. The minimum absolute atomic E-state index is 0.0613. The van der Waals surface area contributed by atoms with Crippen LogP contribution < -0.4 is 21.1 Å². The van der Waals surface area contributed by atoms with Crippen LogP contribution in [0.5, 0.6) is 0 Å². The second-order valence-corrected chi connectivity index (χ2v) is 8.04. The molecule has 1 aliphatic carbocycles. The number of aryl methyl sites for hydroxylation is 1. The number of anilines is 1. The summed E-state index contributed by atoms with van der Waals surface area (Å²) in [7, 11) is 0. The fourth-order valence-corrected chi connectivity index (χ4v) is 4.91. The van der Waals surface area contributed by atoms with Gasteiger partial charge in [-0.05, 0) is 43.7 Å². The monoisotopic (exact) mass is 356 g/mol. The lowest BCUT2D eigenvalue weighted by molar-refractivity contribution is -0.123. The predicted octanol–water partition coefficient (Wildman–Crippen LogP) is 2.37. The van der Waals surface area contributed by atoms with E-state index in [2.05, 4.69) is 45.3 Å². The Balaban J connectivity index is 1.23. The molecule has 26 heavy (non-hydrogen) atoms. The molecule has 3 atom stereocenters. The number of rotatable bonds is 5. The Hall–Kier alpha value is -1.59. The van der Waals surface area contributed by atoms with Crippen LogP contribution in [0.1, 0.15) is 50.5 Å². The molecule has 3 N–H and O–H groups in total. The average Bonchev–Trinajstić information content (AvgIpc) is 2.93. The van der Waals surface area contributed by atoms with Crippen LogP contribution in [0.25, 0.3) is 0 Å². The molecule has 0 aromatic heterocycles. The van der Waals surface area contributed by atoms with Gasteiger partial charge >= 0.3 is 0 Å². The van der Waals surface area contributed by atoms with Crippen LogP contribution in [0, 0.1) is 5.92 Å². The lowest BCUT2D eigenvalue weighted by atomic mass is 9.90. The van der Waals surface area contributed by atoms with Crippen LogP contribution >= 0.6 is 0 Å². The van der Waals surface area contributed by atoms with E-state index < -0.39 is 0 Å². The van der Waals surface area contributed by atoms with Crippen molar-refractivity contribution in [1.29, 1.82) is 0 Å². The molecule has 5 heteroatoms. The molecule has 2 heterocycles. The zero-order valence-electron chi connectivity index (χ0n) is 15.7. The molecule has 0 bridgehead atoms. The maximum Gasteiger partial charge on any atom is 0.238 e. The number of hydrogen-bond acceptors (Lipinski definition) is 4. The third-order valence-electron chi connectivity index (χ3n) is 6.31. The summed E-state index contributed by atoms with van der Waals surface area (Å²) in [6, 6.07) is 9.14. The van der Waals surface area contributed by atoms with Crippen LogP contribution in [0.15, 0.2) is 24.3 Å². The Morgan fingerprint density at radius 3 is 2.96 bits per heavy atom. The first kappa shape index (κ1) is 17.8. The summed E-state index contributed by atoms with van der Waals surface area (Å²) in [6.45, 7) is 2.90. The van der Waals surface area contributed by atoms with Gasteiger partial charge in [0.2, 0.25) is 5.91 Å². The first-order valence-electron chi connectivity index (χ1n) is 10.4. The van der Waals surface area contributed by atoms with Gasteiger partial charge in [-0.2, -0.15) is 0 Å². The Morgan fingerprint density at radius 1 is 1.12 bits per heavy atom. The van der Waals surface area contributed by atoms with Crippen LogP contribution in [0.3, 0.4) is 0 Å². The molecule has 142 valence electrons. The quantitative estimate of drug-likeness (QED) is 0.709. The summed E-state index contributed by atoms with van der Waals surface area (Å²) in [5.41, 5.74) is 9.46. The molecule has 4 rings (SSSR count). The van der Waals surface area contributed by atoms with Gasteiger partial charge in [0.05, 0.1) is 0 Å². The molecule has 3 unspecified atom stereocenters.